The van der Waals surface area contributed by atoms with Crippen molar-refractivity contribution in [2.45, 2.75) is 24.8 Å². The number of anilines is 1. The van der Waals surface area contributed by atoms with Gasteiger partial charge in [-0.2, -0.15) is 0 Å². The summed E-state index contributed by atoms with van der Waals surface area (Å²) in [4.78, 5) is 2.76. The Morgan fingerprint density at radius 1 is 1.24 bits per heavy atom. The van der Waals surface area contributed by atoms with Gasteiger partial charge < -0.3 is 10.1 Å². The summed E-state index contributed by atoms with van der Waals surface area (Å²) in [5.74, 6) is 0.132. The molecule has 1 aromatic carbocycles. The van der Waals surface area contributed by atoms with E-state index in [1.54, 1.807) is 19.1 Å². The third kappa shape index (κ3) is 4.69. The van der Waals surface area contributed by atoms with E-state index in [1.807, 2.05) is 12.1 Å². The van der Waals surface area contributed by atoms with Crippen LogP contribution < -0.4 is 5.32 Å². The summed E-state index contributed by atoms with van der Waals surface area (Å²) in [7, 11) is -3.12. The SMILES string of the molecule is CCS(=O)(=O)c1ccc(NC(C)CN2CCOCC2)cc1. The second-order valence-electron chi connectivity index (χ2n) is 5.39. The second-order valence-corrected chi connectivity index (χ2v) is 7.66. The Bertz CT molecular complexity index is 537. The first-order chi connectivity index (χ1) is 10.0. The number of ether oxygens (including phenoxy) is 1. The van der Waals surface area contributed by atoms with Crippen LogP contribution in [0, 0.1) is 0 Å². The minimum Gasteiger partial charge on any atom is -0.381 e. The van der Waals surface area contributed by atoms with Gasteiger partial charge >= 0.3 is 0 Å². The Kier molecular flexibility index (Phi) is 5.61. The molecule has 21 heavy (non-hydrogen) atoms. The van der Waals surface area contributed by atoms with E-state index in [4.69, 9.17) is 4.74 Å². The van der Waals surface area contributed by atoms with Crippen LogP contribution in [0.2, 0.25) is 0 Å². The summed E-state index contributed by atoms with van der Waals surface area (Å²) in [6, 6.07) is 7.30. The van der Waals surface area contributed by atoms with E-state index < -0.39 is 9.84 Å². The number of benzene rings is 1. The molecule has 1 aromatic rings. The molecule has 0 amide bonds. The van der Waals surface area contributed by atoms with Crippen molar-refractivity contribution >= 4 is 15.5 Å². The Hall–Kier alpha value is -1.11. The molecule has 1 aliphatic rings. The molecule has 5 nitrogen and oxygen atoms in total. The Labute approximate surface area is 127 Å². The van der Waals surface area contributed by atoms with Gasteiger partial charge in [-0.05, 0) is 31.2 Å². The molecular formula is C15H24N2O3S. The molecule has 0 spiro atoms. The van der Waals surface area contributed by atoms with Gasteiger partial charge in [0.15, 0.2) is 9.84 Å². The molecular weight excluding hydrogens is 288 g/mol. The van der Waals surface area contributed by atoms with E-state index in [9.17, 15) is 8.42 Å². The Morgan fingerprint density at radius 3 is 2.43 bits per heavy atom. The first-order valence-electron chi connectivity index (χ1n) is 7.40. The molecule has 0 aliphatic carbocycles. The van der Waals surface area contributed by atoms with Gasteiger partial charge in [-0.15, -0.1) is 0 Å². The van der Waals surface area contributed by atoms with Crippen molar-refractivity contribution in [3.8, 4) is 0 Å². The highest BCUT2D eigenvalue weighted by Gasteiger charge is 2.14. The maximum atomic E-state index is 11.8. The van der Waals surface area contributed by atoms with Crippen molar-refractivity contribution in [2.24, 2.45) is 0 Å². The zero-order chi connectivity index (χ0) is 15.3. The molecule has 1 N–H and O–H groups in total. The van der Waals surface area contributed by atoms with Gasteiger partial charge in [0.25, 0.3) is 0 Å². The lowest BCUT2D eigenvalue weighted by atomic mass is 10.2. The van der Waals surface area contributed by atoms with E-state index in [-0.39, 0.29) is 5.75 Å². The van der Waals surface area contributed by atoms with Gasteiger partial charge in [0, 0.05) is 31.4 Å². The molecule has 118 valence electrons. The van der Waals surface area contributed by atoms with Crippen molar-refractivity contribution in [2.75, 3.05) is 43.9 Å². The van der Waals surface area contributed by atoms with E-state index in [0.717, 1.165) is 38.5 Å². The molecule has 0 aromatic heterocycles. The first-order valence-corrected chi connectivity index (χ1v) is 9.06. The standard InChI is InChI=1S/C15H24N2O3S/c1-3-21(18,19)15-6-4-14(5-7-15)16-13(2)12-17-8-10-20-11-9-17/h4-7,13,16H,3,8-12H2,1-2H3. The van der Waals surface area contributed by atoms with E-state index in [2.05, 4.69) is 17.1 Å². The summed E-state index contributed by atoms with van der Waals surface area (Å²) in [6.07, 6.45) is 0. The summed E-state index contributed by atoms with van der Waals surface area (Å²) in [6.45, 7) is 8.29. The van der Waals surface area contributed by atoms with E-state index >= 15 is 0 Å². The smallest absolute Gasteiger partial charge is 0.178 e. The van der Waals surface area contributed by atoms with Crippen LogP contribution in [0.1, 0.15) is 13.8 Å². The average molecular weight is 312 g/mol. The Balaban J connectivity index is 1.90. The molecule has 1 saturated heterocycles. The van der Waals surface area contributed by atoms with E-state index in [1.165, 1.54) is 0 Å². The van der Waals surface area contributed by atoms with Gasteiger partial charge in [-0.1, -0.05) is 6.92 Å². The zero-order valence-corrected chi connectivity index (χ0v) is 13.5. The lowest BCUT2D eigenvalue weighted by molar-refractivity contribution is 0.0368. The van der Waals surface area contributed by atoms with Gasteiger partial charge in [-0.25, -0.2) is 8.42 Å². The van der Waals surface area contributed by atoms with Gasteiger partial charge in [-0.3, -0.25) is 4.90 Å². The fourth-order valence-corrected chi connectivity index (χ4v) is 3.31. The van der Waals surface area contributed by atoms with Crippen molar-refractivity contribution in [1.29, 1.82) is 0 Å². The normalized spacial score (nSPS) is 18.4. The van der Waals surface area contributed by atoms with Crippen LogP contribution >= 0.6 is 0 Å². The topological polar surface area (TPSA) is 58.6 Å². The molecule has 0 radical (unpaired) electrons. The van der Waals surface area contributed by atoms with Crippen molar-refractivity contribution in [3.05, 3.63) is 24.3 Å². The molecule has 1 fully saturated rings. The molecule has 1 atom stereocenters. The van der Waals surface area contributed by atoms with Gasteiger partial charge in [0.05, 0.1) is 23.9 Å². The summed E-state index contributed by atoms with van der Waals surface area (Å²) in [5.41, 5.74) is 0.950. The summed E-state index contributed by atoms with van der Waals surface area (Å²) < 4.78 is 28.9. The largest absolute Gasteiger partial charge is 0.381 e. The quantitative estimate of drug-likeness (QED) is 0.865. The lowest BCUT2D eigenvalue weighted by Crippen LogP contribution is -2.42. The first kappa shape index (κ1) is 16.3. The second kappa shape index (κ2) is 7.24. The van der Waals surface area contributed by atoms with Crippen LogP contribution in [-0.4, -0.2) is 58.0 Å². The maximum Gasteiger partial charge on any atom is 0.178 e. The average Bonchev–Trinajstić information content (AvgIpc) is 2.48. The highest BCUT2D eigenvalue weighted by Crippen LogP contribution is 2.16. The number of rotatable bonds is 6. The molecule has 1 heterocycles. The van der Waals surface area contributed by atoms with Crippen LogP contribution in [0.3, 0.4) is 0 Å². The fourth-order valence-electron chi connectivity index (χ4n) is 2.43. The number of hydrogen-bond donors (Lipinski definition) is 1. The van der Waals surface area contributed by atoms with Crippen LogP contribution in [0.5, 0.6) is 0 Å². The van der Waals surface area contributed by atoms with Crippen molar-refractivity contribution in [1.82, 2.24) is 4.90 Å². The van der Waals surface area contributed by atoms with Gasteiger partial charge in [0.1, 0.15) is 0 Å². The van der Waals surface area contributed by atoms with Crippen LogP contribution in [-0.2, 0) is 14.6 Å². The van der Waals surface area contributed by atoms with Gasteiger partial charge in [0.2, 0.25) is 0 Å². The molecule has 6 heteroatoms. The number of hydrogen-bond acceptors (Lipinski definition) is 5. The predicted octanol–water partition coefficient (Wildman–Crippen LogP) is 1.61. The van der Waals surface area contributed by atoms with Crippen molar-refractivity contribution in [3.63, 3.8) is 0 Å². The minimum atomic E-state index is -3.12. The zero-order valence-electron chi connectivity index (χ0n) is 12.7. The Morgan fingerprint density at radius 2 is 1.86 bits per heavy atom. The highest BCUT2D eigenvalue weighted by molar-refractivity contribution is 7.91. The molecule has 1 unspecified atom stereocenters. The number of nitrogens with zero attached hydrogens (tertiary/aromatic N) is 1. The molecule has 1 aliphatic heterocycles. The van der Waals surface area contributed by atoms with Crippen LogP contribution in [0.25, 0.3) is 0 Å². The van der Waals surface area contributed by atoms with Crippen molar-refractivity contribution < 1.29 is 13.2 Å². The fraction of sp³-hybridized carbons (Fsp3) is 0.600. The third-order valence-electron chi connectivity index (χ3n) is 3.64. The molecule has 2 rings (SSSR count). The number of sulfone groups is 1. The third-order valence-corrected chi connectivity index (χ3v) is 5.39. The van der Waals surface area contributed by atoms with Crippen LogP contribution in [0.15, 0.2) is 29.2 Å². The number of morpholine rings is 1. The highest BCUT2D eigenvalue weighted by atomic mass is 32.2. The molecule has 0 saturated carbocycles. The maximum absolute atomic E-state index is 11.8. The lowest BCUT2D eigenvalue weighted by Gasteiger charge is -2.29. The summed E-state index contributed by atoms with van der Waals surface area (Å²) in [5, 5.41) is 3.41. The monoisotopic (exact) mass is 312 g/mol. The summed E-state index contributed by atoms with van der Waals surface area (Å²) >= 11 is 0. The predicted molar refractivity (Wildman–Crippen MR) is 84.5 cm³/mol. The number of nitrogens with one attached hydrogen (secondary N) is 1. The van der Waals surface area contributed by atoms with E-state index in [0.29, 0.717) is 10.9 Å². The molecule has 0 bridgehead atoms. The minimum absolute atomic E-state index is 0.132. The van der Waals surface area contributed by atoms with Crippen LogP contribution in [0.4, 0.5) is 5.69 Å².